The number of nitrogens with zero attached hydrogens (tertiary/aromatic N) is 4. The van der Waals surface area contributed by atoms with E-state index in [1.54, 1.807) is 0 Å². The van der Waals surface area contributed by atoms with Crippen molar-refractivity contribution >= 4 is 23.2 Å². The molecule has 2 heterocycles. The molecule has 0 saturated carbocycles. The van der Waals surface area contributed by atoms with Gasteiger partial charge in [-0.15, -0.1) is 5.10 Å². The lowest BCUT2D eigenvalue weighted by Gasteiger charge is -2.28. The lowest BCUT2D eigenvalue weighted by atomic mass is 10.0. The van der Waals surface area contributed by atoms with E-state index in [4.69, 9.17) is 0 Å². The van der Waals surface area contributed by atoms with E-state index >= 15 is 0 Å². The Balaban J connectivity index is 1.55. The third-order valence-electron chi connectivity index (χ3n) is 5.17. The molecule has 2 N–H and O–H groups in total. The van der Waals surface area contributed by atoms with Crippen LogP contribution in [0.2, 0.25) is 0 Å². The minimum atomic E-state index is -1.16. The zero-order valence-electron chi connectivity index (χ0n) is 15.9. The molecule has 1 atom stereocenters. The summed E-state index contributed by atoms with van der Waals surface area (Å²) in [5.41, 5.74) is 5.59. The highest BCUT2D eigenvalue weighted by atomic mass is 16.4. The fourth-order valence-electron chi connectivity index (χ4n) is 3.65. The molecular weight excluding hydrogens is 364 g/mol. The average molecular weight is 384 g/mol. The molecule has 2 aliphatic heterocycles. The Bertz CT molecular complexity index is 1120. The largest absolute Gasteiger partial charge is 0.480 e. The number of fused-ring (bicyclic) bond motifs is 3. The zero-order valence-corrected chi connectivity index (χ0v) is 15.9. The van der Waals surface area contributed by atoms with Crippen LogP contribution in [0.25, 0.3) is 0 Å². The van der Waals surface area contributed by atoms with Gasteiger partial charge in [-0.05, 0) is 48.7 Å². The molecule has 0 amide bonds. The minimum absolute atomic E-state index is 0.269. The van der Waals surface area contributed by atoms with Gasteiger partial charge in [-0.1, -0.05) is 54.1 Å². The van der Waals surface area contributed by atoms with E-state index in [9.17, 15) is 10.2 Å². The van der Waals surface area contributed by atoms with Crippen LogP contribution in [-0.4, -0.2) is 33.3 Å². The highest BCUT2D eigenvalue weighted by Gasteiger charge is 2.40. The van der Waals surface area contributed by atoms with Crippen LogP contribution in [-0.2, 0) is 6.42 Å². The Kier molecular flexibility index (Phi) is 4.07. The molecule has 6 heteroatoms. The molecule has 0 aromatic heterocycles. The second kappa shape index (κ2) is 6.76. The molecule has 29 heavy (non-hydrogen) atoms. The number of anilines is 1. The average Bonchev–Trinajstić information content (AvgIpc) is 3.08. The van der Waals surface area contributed by atoms with E-state index < -0.39 is 6.35 Å². The molecule has 3 aromatic rings. The van der Waals surface area contributed by atoms with Crippen molar-refractivity contribution in [3.8, 4) is 0 Å². The topological polar surface area (TPSA) is 71.7 Å². The van der Waals surface area contributed by atoms with Crippen LogP contribution in [0.5, 0.6) is 0 Å². The van der Waals surface area contributed by atoms with Gasteiger partial charge >= 0.3 is 0 Å². The molecule has 0 aliphatic carbocycles. The van der Waals surface area contributed by atoms with E-state index in [2.05, 4.69) is 22.2 Å². The van der Waals surface area contributed by atoms with Crippen LogP contribution in [0.4, 0.5) is 11.4 Å². The first-order valence-electron chi connectivity index (χ1n) is 9.47. The quantitative estimate of drug-likeness (QED) is 0.718. The molecule has 3 aromatic carbocycles. The van der Waals surface area contributed by atoms with Crippen molar-refractivity contribution in [2.75, 3.05) is 5.01 Å². The van der Waals surface area contributed by atoms with Crippen molar-refractivity contribution < 1.29 is 10.2 Å². The number of hydrogen-bond acceptors (Lipinski definition) is 5. The van der Waals surface area contributed by atoms with Gasteiger partial charge in [-0.25, -0.2) is 9.91 Å². The minimum Gasteiger partial charge on any atom is -0.480 e. The third kappa shape index (κ3) is 3.03. The van der Waals surface area contributed by atoms with Gasteiger partial charge in [0.2, 0.25) is 6.35 Å². The van der Waals surface area contributed by atoms with E-state index in [-0.39, 0.29) is 6.02 Å². The van der Waals surface area contributed by atoms with Gasteiger partial charge in [0.1, 0.15) is 0 Å². The SMILES string of the molecule is Cc1ccc(N2N=C3c4cc(Cc5ccccc5)ccc4N=C(O)N3C2O)cc1. The normalized spacial score (nSPS) is 17.5. The summed E-state index contributed by atoms with van der Waals surface area (Å²) in [5, 5.41) is 27.3. The highest BCUT2D eigenvalue weighted by Crippen LogP contribution is 2.34. The number of aryl methyl sites for hydroxylation is 1. The van der Waals surface area contributed by atoms with Crippen LogP contribution >= 0.6 is 0 Å². The third-order valence-corrected chi connectivity index (χ3v) is 5.17. The lowest BCUT2D eigenvalue weighted by molar-refractivity contribution is 0.0935. The van der Waals surface area contributed by atoms with Crippen LogP contribution in [0.1, 0.15) is 22.3 Å². The first-order valence-corrected chi connectivity index (χ1v) is 9.47. The second-order valence-corrected chi connectivity index (χ2v) is 7.25. The van der Waals surface area contributed by atoms with Gasteiger partial charge in [0, 0.05) is 5.56 Å². The summed E-state index contributed by atoms with van der Waals surface area (Å²) in [6, 6.07) is 23.6. The Morgan fingerprint density at radius 1 is 0.931 bits per heavy atom. The van der Waals surface area contributed by atoms with Gasteiger partial charge < -0.3 is 10.2 Å². The number of rotatable bonds is 3. The van der Waals surface area contributed by atoms with E-state index in [1.807, 2.05) is 67.6 Å². The predicted octanol–water partition coefficient (Wildman–Crippen LogP) is 3.90. The first-order chi connectivity index (χ1) is 14.1. The standard InChI is InChI=1S/C23H20N4O2/c1-15-7-10-18(11-8-15)27-23(29)26-21(25-27)19-14-17(9-12-20(19)24-22(26)28)13-16-5-3-2-4-6-16/h2-12,14,23,29H,13H2,1H3,(H,24,28). The molecular formula is C23H20N4O2. The Morgan fingerprint density at radius 2 is 1.69 bits per heavy atom. The summed E-state index contributed by atoms with van der Waals surface area (Å²) in [6.07, 6.45) is -0.385. The summed E-state index contributed by atoms with van der Waals surface area (Å²) < 4.78 is 0. The van der Waals surface area contributed by atoms with Gasteiger partial charge in [0.25, 0.3) is 6.02 Å². The summed E-state index contributed by atoms with van der Waals surface area (Å²) in [4.78, 5) is 5.60. The first kappa shape index (κ1) is 17.5. The van der Waals surface area contributed by atoms with Crippen molar-refractivity contribution in [3.05, 3.63) is 95.1 Å². The maximum atomic E-state index is 10.8. The summed E-state index contributed by atoms with van der Waals surface area (Å²) in [7, 11) is 0. The number of benzene rings is 3. The molecule has 144 valence electrons. The number of hydrogen-bond donors (Lipinski definition) is 2. The number of aliphatic imine (C=N–C) groups is 1. The summed E-state index contributed by atoms with van der Waals surface area (Å²) in [5.74, 6) is 0.482. The zero-order chi connectivity index (χ0) is 20.0. The predicted molar refractivity (Wildman–Crippen MR) is 113 cm³/mol. The van der Waals surface area contributed by atoms with E-state index in [1.165, 1.54) is 15.5 Å². The Labute approximate surface area is 168 Å². The van der Waals surface area contributed by atoms with Crippen molar-refractivity contribution in [1.82, 2.24) is 4.90 Å². The molecule has 0 fully saturated rings. The van der Waals surface area contributed by atoms with Crippen LogP contribution < -0.4 is 5.01 Å². The molecule has 1 unspecified atom stereocenters. The smallest absolute Gasteiger partial charge is 0.299 e. The summed E-state index contributed by atoms with van der Waals surface area (Å²) in [6.45, 7) is 2.00. The molecule has 0 spiro atoms. The molecule has 6 nitrogen and oxygen atoms in total. The molecule has 2 aliphatic rings. The van der Waals surface area contributed by atoms with E-state index in [0.29, 0.717) is 11.5 Å². The number of hydrazone groups is 1. The Hall–Kier alpha value is -3.64. The van der Waals surface area contributed by atoms with Crippen molar-refractivity contribution in [3.63, 3.8) is 0 Å². The molecule has 5 rings (SSSR count). The van der Waals surface area contributed by atoms with Crippen molar-refractivity contribution in [2.45, 2.75) is 19.7 Å². The fraction of sp³-hybridized carbons (Fsp3) is 0.130. The molecule has 0 radical (unpaired) electrons. The monoisotopic (exact) mass is 384 g/mol. The maximum Gasteiger partial charge on any atom is 0.299 e. The highest BCUT2D eigenvalue weighted by molar-refractivity contribution is 6.14. The number of aliphatic hydroxyl groups excluding tert-OH is 2. The lowest BCUT2D eigenvalue weighted by Crippen LogP contribution is -2.47. The van der Waals surface area contributed by atoms with E-state index in [0.717, 1.165) is 28.8 Å². The van der Waals surface area contributed by atoms with Gasteiger partial charge in [-0.3, -0.25) is 0 Å². The van der Waals surface area contributed by atoms with Gasteiger partial charge in [0.15, 0.2) is 5.84 Å². The van der Waals surface area contributed by atoms with Crippen LogP contribution in [0, 0.1) is 6.92 Å². The Morgan fingerprint density at radius 3 is 2.45 bits per heavy atom. The second-order valence-electron chi connectivity index (χ2n) is 7.25. The fourth-order valence-corrected chi connectivity index (χ4v) is 3.65. The molecule has 0 saturated heterocycles. The summed E-state index contributed by atoms with van der Waals surface area (Å²) >= 11 is 0. The number of aliphatic hydroxyl groups is 2. The molecule has 0 bridgehead atoms. The number of amidine groups is 2. The van der Waals surface area contributed by atoms with Crippen LogP contribution in [0.3, 0.4) is 0 Å². The maximum absolute atomic E-state index is 10.8. The van der Waals surface area contributed by atoms with Crippen molar-refractivity contribution in [2.24, 2.45) is 10.1 Å². The van der Waals surface area contributed by atoms with Gasteiger partial charge in [0.05, 0.1) is 11.4 Å². The van der Waals surface area contributed by atoms with Crippen molar-refractivity contribution in [1.29, 1.82) is 0 Å². The van der Waals surface area contributed by atoms with Gasteiger partial charge in [-0.2, -0.15) is 4.99 Å². The van der Waals surface area contributed by atoms with Crippen LogP contribution in [0.15, 0.2) is 82.9 Å².